The largest absolute Gasteiger partial charge is 0.362 e. The van der Waals surface area contributed by atoms with Crippen LogP contribution in [-0.2, 0) is 0 Å². The second-order valence-electron chi connectivity index (χ2n) is 4.57. The number of rotatable bonds is 5. The van der Waals surface area contributed by atoms with Gasteiger partial charge in [0.05, 0.1) is 11.7 Å². The van der Waals surface area contributed by atoms with Crippen molar-refractivity contribution in [2.45, 2.75) is 26.8 Å². The van der Waals surface area contributed by atoms with Crippen molar-refractivity contribution in [3.63, 3.8) is 0 Å². The lowest BCUT2D eigenvalue weighted by Crippen LogP contribution is -2.29. The number of carbonyl (C=O) groups excluding carboxylic acids is 1. The number of anilines is 1. The first-order valence-corrected chi connectivity index (χ1v) is 8.26. The predicted octanol–water partition coefficient (Wildman–Crippen LogP) is 3.78. The minimum atomic E-state index is 0.0325. The maximum absolute atomic E-state index is 12.6. The number of aryl methyl sites for hydroxylation is 1. The number of thiazole rings is 1. The molecule has 0 saturated carbocycles. The molecule has 2 rings (SSSR count). The molecule has 2 heterocycles. The fraction of sp³-hybridized carbons (Fsp3) is 0.429. The van der Waals surface area contributed by atoms with Gasteiger partial charge in [-0.05, 0) is 32.2 Å². The van der Waals surface area contributed by atoms with Crippen LogP contribution in [0.5, 0.6) is 0 Å². The van der Waals surface area contributed by atoms with Gasteiger partial charge in [0, 0.05) is 18.5 Å². The molecule has 1 N–H and O–H groups in total. The van der Waals surface area contributed by atoms with E-state index in [0.717, 1.165) is 17.4 Å². The summed E-state index contributed by atoms with van der Waals surface area (Å²) in [5.74, 6) is 0.0325. The molecule has 20 heavy (non-hydrogen) atoms. The maximum Gasteiger partial charge on any atom is 0.266 e. The lowest BCUT2D eigenvalue weighted by atomic mass is 10.2. The average molecular weight is 309 g/mol. The summed E-state index contributed by atoms with van der Waals surface area (Å²) in [7, 11) is 1.85. The Labute approximate surface area is 127 Å². The summed E-state index contributed by atoms with van der Waals surface area (Å²) in [6, 6.07) is 4.14. The number of thiophene rings is 1. The van der Waals surface area contributed by atoms with Gasteiger partial charge in [-0.1, -0.05) is 17.4 Å². The highest BCUT2D eigenvalue weighted by atomic mass is 32.1. The standard InChI is InChI=1S/C14H19N3OS2/c1-5-15-14-16-9(2)12(20-14)13(18)17(4)10(3)11-7-6-8-19-11/h6-8,10H,5H2,1-4H3,(H,15,16). The molecule has 108 valence electrons. The van der Waals surface area contributed by atoms with Crippen LogP contribution in [0.1, 0.15) is 40.1 Å². The number of carbonyl (C=O) groups is 1. The first-order chi connectivity index (χ1) is 9.54. The molecule has 1 unspecified atom stereocenters. The molecule has 2 aromatic heterocycles. The van der Waals surface area contributed by atoms with Crippen LogP contribution in [0.4, 0.5) is 5.13 Å². The van der Waals surface area contributed by atoms with Crippen LogP contribution in [0.15, 0.2) is 17.5 Å². The molecule has 1 amide bonds. The molecule has 0 aliphatic rings. The summed E-state index contributed by atoms with van der Waals surface area (Å²) >= 11 is 3.10. The van der Waals surface area contributed by atoms with Crippen molar-refractivity contribution < 1.29 is 4.79 Å². The van der Waals surface area contributed by atoms with Crippen LogP contribution >= 0.6 is 22.7 Å². The van der Waals surface area contributed by atoms with Gasteiger partial charge in [0.25, 0.3) is 5.91 Å². The maximum atomic E-state index is 12.6. The minimum absolute atomic E-state index is 0.0325. The Balaban J connectivity index is 2.18. The van der Waals surface area contributed by atoms with Crippen LogP contribution in [0.2, 0.25) is 0 Å². The van der Waals surface area contributed by atoms with E-state index < -0.39 is 0 Å². The third-order valence-electron chi connectivity index (χ3n) is 3.18. The molecule has 0 fully saturated rings. The molecule has 0 bridgehead atoms. The molecule has 0 saturated heterocycles. The van der Waals surface area contributed by atoms with E-state index >= 15 is 0 Å². The van der Waals surface area contributed by atoms with Crippen molar-refractivity contribution in [1.29, 1.82) is 0 Å². The molecule has 0 radical (unpaired) electrons. The summed E-state index contributed by atoms with van der Waals surface area (Å²) in [5.41, 5.74) is 0.793. The minimum Gasteiger partial charge on any atom is -0.362 e. The molecule has 0 aliphatic carbocycles. The quantitative estimate of drug-likeness (QED) is 0.914. The van der Waals surface area contributed by atoms with E-state index in [1.807, 2.05) is 39.3 Å². The van der Waals surface area contributed by atoms with E-state index in [1.54, 1.807) is 16.2 Å². The Morgan fingerprint density at radius 3 is 2.90 bits per heavy atom. The van der Waals surface area contributed by atoms with Gasteiger partial charge < -0.3 is 10.2 Å². The van der Waals surface area contributed by atoms with Crippen molar-refractivity contribution in [1.82, 2.24) is 9.88 Å². The smallest absolute Gasteiger partial charge is 0.266 e. The summed E-state index contributed by atoms with van der Waals surface area (Å²) in [6.45, 7) is 6.75. The first kappa shape index (κ1) is 15.0. The SMILES string of the molecule is CCNc1nc(C)c(C(=O)N(C)C(C)c2cccs2)s1. The summed E-state index contributed by atoms with van der Waals surface area (Å²) in [5, 5.41) is 6.00. The van der Waals surface area contributed by atoms with Gasteiger partial charge in [0.2, 0.25) is 0 Å². The van der Waals surface area contributed by atoms with Gasteiger partial charge in [-0.15, -0.1) is 11.3 Å². The molecule has 1 atom stereocenters. The molecule has 4 nitrogen and oxygen atoms in total. The lowest BCUT2D eigenvalue weighted by Gasteiger charge is -2.23. The predicted molar refractivity (Wildman–Crippen MR) is 85.8 cm³/mol. The number of hydrogen-bond acceptors (Lipinski definition) is 5. The second kappa shape index (κ2) is 6.37. The van der Waals surface area contributed by atoms with Crippen molar-refractivity contribution in [2.24, 2.45) is 0 Å². The zero-order valence-electron chi connectivity index (χ0n) is 12.1. The average Bonchev–Trinajstić information content (AvgIpc) is 3.06. The number of amides is 1. The summed E-state index contributed by atoms with van der Waals surface area (Å²) in [6.07, 6.45) is 0. The van der Waals surface area contributed by atoms with Gasteiger partial charge in [0.1, 0.15) is 4.88 Å². The molecular formula is C14H19N3OS2. The van der Waals surface area contributed by atoms with Gasteiger partial charge in [0.15, 0.2) is 5.13 Å². The Kier molecular flexibility index (Phi) is 4.77. The highest BCUT2D eigenvalue weighted by molar-refractivity contribution is 7.17. The van der Waals surface area contributed by atoms with Crippen LogP contribution in [0.3, 0.4) is 0 Å². The Morgan fingerprint density at radius 1 is 1.55 bits per heavy atom. The van der Waals surface area contributed by atoms with Crippen molar-refractivity contribution in [2.75, 3.05) is 18.9 Å². The topological polar surface area (TPSA) is 45.2 Å². The molecule has 0 spiro atoms. The van der Waals surface area contributed by atoms with Gasteiger partial charge in [-0.25, -0.2) is 4.98 Å². The first-order valence-electron chi connectivity index (χ1n) is 6.56. The van der Waals surface area contributed by atoms with E-state index in [-0.39, 0.29) is 11.9 Å². The Hall–Kier alpha value is -1.40. The van der Waals surface area contributed by atoms with E-state index in [1.165, 1.54) is 16.2 Å². The number of nitrogens with one attached hydrogen (secondary N) is 1. The normalized spacial score (nSPS) is 12.2. The number of hydrogen-bond donors (Lipinski definition) is 1. The van der Waals surface area contributed by atoms with Crippen LogP contribution in [0, 0.1) is 6.92 Å². The third-order valence-corrected chi connectivity index (χ3v) is 5.32. The van der Waals surface area contributed by atoms with Crippen molar-refractivity contribution in [3.8, 4) is 0 Å². The van der Waals surface area contributed by atoms with Crippen molar-refractivity contribution >= 4 is 33.7 Å². The zero-order chi connectivity index (χ0) is 14.7. The number of aromatic nitrogens is 1. The van der Waals surface area contributed by atoms with E-state index in [4.69, 9.17) is 0 Å². The highest BCUT2D eigenvalue weighted by Gasteiger charge is 2.23. The molecule has 2 aromatic rings. The van der Waals surface area contributed by atoms with Crippen LogP contribution < -0.4 is 5.32 Å². The summed E-state index contributed by atoms with van der Waals surface area (Å²) in [4.78, 5) is 20.7. The van der Waals surface area contributed by atoms with E-state index in [2.05, 4.69) is 16.4 Å². The van der Waals surface area contributed by atoms with Crippen molar-refractivity contribution in [3.05, 3.63) is 33.0 Å². The highest BCUT2D eigenvalue weighted by Crippen LogP contribution is 2.28. The molecular weight excluding hydrogens is 290 g/mol. The molecule has 6 heteroatoms. The lowest BCUT2D eigenvalue weighted by molar-refractivity contribution is 0.0749. The third kappa shape index (κ3) is 3.02. The van der Waals surface area contributed by atoms with Crippen LogP contribution in [0.25, 0.3) is 0 Å². The van der Waals surface area contributed by atoms with E-state index in [0.29, 0.717) is 4.88 Å². The second-order valence-corrected chi connectivity index (χ2v) is 6.55. The zero-order valence-corrected chi connectivity index (χ0v) is 13.8. The van der Waals surface area contributed by atoms with Gasteiger partial charge in [-0.2, -0.15) is 0 Å². The fourth-order valence-corrected chi connectivity index (χ4v) is 3.72. The Morgan fingerprint density at radius 2 is 2.30 bits per heavy atom. The monoisotopic (exact) mass is 309 g/mol. The van der Waals surface area contributed by atoms with Gasteiger partial charge in [-0.3, -0.25) is 4.79 Å². The number of nitrogens with zero attached hydrogens (tertiary/aromatic N) is 2. The fourth-order valence-electron chi connectivity index (χ4n) is 1.88. The van der Waals surface area contributed by atoms with Gasteiger partial charge >= 0.3 is 0 Å². The Bertz CT molecular complexity index is 577. The van der Waals surface area contributed by atoms with E-state index in [9.17, 15) is 4.79 Å². The van der Waals surface area contributed by atoms with Crippen LogP contribution in [-0.4, -0.2) is 29.4 Å². The molecule has 0 aromatic carbocycles. The molecule has 0 aliphatic heterocycles. The summed E-state index contributed by atoms with van der Waals surface area (Å²) < 4.78 is 0.